The Morgan fingerprint density at radius 3 is 2.12 bits per heavy atom. The number of fused-ring (bicyclic) bond motifs is 1. The number of ether oxygens (including phenoxy) is 4. The van der Waals surface area contributed by atoms with Crippen molar-refractivity contribution in [2.24, 2.45) is 0 Å². The number of hydrogen-bond donors (Lipinski definition) is 0. The molecule has 174 valence electrons. The zero-order valence-corrected chi connectivity index (χ0v) is 20.5. The van der Waals surface area contributed by atoms with Gasteiger partial charge in [0.25, 0.3) is 0 Å². The number of carbonyl (C=O) groups is 1. The minimum atomic E-state index is -0.635. The fraction of sp³-hybridized carbons (Fsp3) is 0.154. The van der Waals surface area contributed by atoms with Gasteiger partial charge in [-0.25, -0.2) is 4.79 Å². The summed E-state index contributed by atoms with van der Waals surface area (Å²) in [5.41, 5.74) is 1.61. The zero-order valence-electron chi connectivity index (χ0n) is 18.9. The average Bonchev–Trinajstić information content (AvgIpc) is 2.83. The molecule has 7 nitrogen and oxygen atoms in total. The average molecular weight is 525 g/mol. The van der Waals surface area contributed by atoms with Crippen molar-refractivity contribution in [3.63, 3.8) is 0 Å². The van der Waals surface area contributed by atoms with Crippen LogP contribution in [0.1, 0.15) is 16.1 Å². The van der Waals surface area contributed by atoms with E-state index < -0.39 is 5.97 Å². The molecule has 1 heterocycles. The lowest BCUT2D eigenvalue weighted by atomic mass is 10.0. The molecule has 34 heavy (non-hydrogen) atoms. The zero-order chi connectivity index (χ0) is 24.4. The van der Waals surface area contributed by atoms with Crippen LogP contribution in [0.25, 0.3) is 22.1 Å². The van der Waals surface area contributed by atoms with Gasteiger partial charge in [-0.15, -0.1) is 0 Å². The van der Waals surface area contributed by atoms with Crippen LogP contribution >= 0.6 is 15.9 Å². The topological polar surface area (TPSA) is 84.2 Å². The molecule has 0 bridgehead atoms. The summed E-state index contributed by atoms with van der Waals surface area (Å²) in [6, 6.07) is 15.1. The normalized spacial score (nSPS) is 10.7. The Morgan fingerprint density at radius 2 is 1.53 bits per heavy atom. The molecule has 4 rings (SSSR count). The Balaban J connectivity index is 1.69. The molecule has 1 aromatic heterocycles. The van der Waals surface area contributed by atoms with Gasteiger partial charge >= 0.3 is 5.97 Å². The molecule has 0 radical (unpaired) electrons. The van der Waals surface area contributed by atoms with E-state index in [0.29, 0.717) is 39.5 Å². The van der Waals surface area contributed by atoms with Crippen molar-refractivity contribution in [3.05, 3.63) is 80.6 Å². The molecule has 8 heteroatoms. The Morgan fingerprint density at radius 1 is 0.882 bits per heavy atom. The number of hydrogen-bond acceptors (Lipinski definition) is 7. The summed E-state index contributed by atoms with van der Waals surface area (Å²) in [7, 11) is 4.40. The summed E-state index contributed by atoms with van der Waals surface area (Å²) in [6.07, 6.45) is 0. The van der Waals surface area contributed by atoms with Crippen molar-refractivity contribution in [1.29, 1.82) is 0 Å². The quantitative estimate of drug-likeness (QED) is 0.233. The maximum Gasteiger partial charge on any atom is 0.343 e. The largest absolute Gasteiger partial charge is 0.493 e. The van der Waals surface area contributed by atoms with Crippen molar-refractivity contribution in [3.8, 4) is 34.1 Å². The van der Waals surface area contributed by atoms with Crippen LogP contribution in [0.2, 0.25) is 0 Å². The monoisotopic (exact) mass is 524 g/mol. The molecule has 4 aromatic rings. The van der Waals surface area contributed by atoms with Gasteiger partial charge in [-0.3, -0.25) is 4.79 Å². The Kier molecular flexibility index (Phi) is 6.61. The van der Waals surface area contributed by atoms with Gasteiger partial charge in [-0.1, -0.05) is 28.1 Å². The predicted octanol–water partition coefficient (Wildman–Crippen LogP) is 5.78. The van der Waals surface area contributed by atoms with E-state index in [9.17, 15) is 9.59 Å². The minimum Gasteiger partial charge on any atom is -0.493 e. The van der Waals surface area contributed by atoms with Gasteiger partial charge in [0, 0.05) is 10.5 Å². The smallest absolute Gasteiger partial charge is 0.343 e. The molecule has 0 aliphatic heterocycles. The first kappa shape index (κ1) is 23.4. The van der Waals surface area contributed by atoms with Gasteiger partial charge in [0.15, 0.2) is 11.5 Å². The highest BCUT2D eigenvalue weighted by Gasteiger charge is 2.19. The highest BCUT2D eigenvalue weighted by Crippen LogP contribution is 2.38. The maximum absolute atomic E-state index is 13.2. The second kappa shape index (κ2) is 9.61. The third kappa shape index (κ3) is 4.36. The van der Waals surface area contributed by atoms with E-state index in [1.807, 2.05) is 24.3 Å². The number of halogens is 1. The molecule has 0 aliphatic rings. The van der Waals surface area contributed by atoms with Crippen molar-refractivity contribution in [1.82, 2.24) is 0 Å². The first-order valence-corrected chi connectivity index (χ1v) is 11.0. The molecule has 0 fully saturated rings. The number of aryl methyl sites for hydroxylation is 1. The lowest BCUT2D eigenvalue weighted by Gasteiger charge is -2.14. The van der Waals surface area contributed by atoms with Crippen LogP contribution in [-0.2, 0) is 0 Å². The number of carbonyl (C=O) groups excluding carboxylic acids is 1. The van der Waals surface area contributed by atoms with E-state index in [2.05, 4.69) is 15.9 Å². The van der Waals surface area contributed by atoms with Gasteiger partial charge in [-0.2, -0.15) is 0 Å². The first-order valence-electron chi connectivity index (χ1n) is 10.2. The molecule has 0 spiro atoms. The van der Waals surface area contributed by atoms with E-state index in [0.717, 1.165) is 10.0 Å². The van der Waals surface area contributed by atoms with E-state index in [-0.39, 0.29) is 16.7 Å². The lowest BCUT2D eigenvalue weighted by molar-refractivity contribution is 0.0734. The summed E-state index contributed by atoms with van der Waals surface area (Å²) in [5.74, 6) is 1.08. The highest BCUT2D eigenvalue weighted by molar-refractivity contribution is 9.10. The van der Waals surface area contributed by atoms with Crippen LogP contribution < -0.4 is 24.4 Å². The Labute approximate surface area is 204 Å². The van der Waals surface area contributed by atoms with E-state index in [1.165, 1.54) is 39.5 Å². The summed E-state index contributed by atoms with van der Waals surface area (Å²) >= 11 is 3.40. The maximum atomic E-state index is 13.2. The predicted molar refractivity (Wildman–Crippen MR) is 131 cm³/mol. The molecule has 0 amide bonds. The molecule has 0 N–H and O–H groups in total. The molecule has 0 atom stereocenters. The number of methoxy groups -OCH3 is 3. The molecule has 0 unspecified atom stereocenters. The van der Waals surface area contributed by atoms with Crippen LogP contribution in [0, 0.1) is 6.92 Å². The Bertz CT molecular complexity index is 1410. The van der Waals surface area contributed by atoms with Gasteiger partial charge in [0.2, 0.25) is 11.2 Å². The van der Waals surface area contributed by atoms with Crippen molar-refractivity contribution in [2.75, 3.05) is 21.3 Å². The summed E-state index contributed by atoms with van der Waals surface area (Å²) in [6.45, 7) is 1.73. The summed E-state index contributed by atoms with van der Waals surface area (Å²) in [4.78, 5) is 26.0. The lowest BCUT2D eigenvalue weighted by Crippen LogP contribution is -2.11. The molecule has 0 saturated heterocycles. The summed E-state index contributed by atoms with van der Waals surface area (Å²) in [5, 5.41) is 0.385. The van der Waals surface area contributed by atoms with Crippen LogP contribution in [0.15, 0.2) is 68.3 Å². The number of rotatable bonds is 6. The fourth-order valence-corrected chi connectivity index (χ4v) is 3.93. The van der Waals surface area contributed by atoms with Gasteiger partial charge < -0.3 is 23.4 Å². The van der Waals surface area contributed by atoms with Crippen molar-refractivity contribution in [2.45, 2.75) is 6.92 Å². The van der Waals surface area contributed by atoms with Crippen LogP contribution in [0.3, 0.4) is 0 Å². The summed E-state index contributed by atoms with van der Waals surface area (Å²) < 4.78 is 28.2. The fourth-order valence-electron chi connectivity index (χ4n) is 3.66. The molecule has 0 aliphatic carbocycles. The van der Waals surface area contributed by atoms with Gasteiger partial charge in [-0.05, 0) is 48.9 Å². The van der Waals surface area contributed by atoms with Crippen molar-refractivity contribution >= 4 is 32.9 Å². The molecule has 0 saturated carbocycles. The second-order valence-corrected chi connectivity index (χ2v) is 8.25. The van der Waals surface area contributed by atoms with E-state index >= 15 is 0 Å². The van der Waals surface area contributed by atoms with Crippen LogP contribution in [0.4, 0.5) is 0 Å². The second-order valence-electron chi connectivity index (χ2n) is 7.33. The van der Waals surface area contributed by atoms with E-state index in [4.69, 9.17) is 23.4 Å². The Hall–Kier alpha value is -3.78. The first-order chi connectivity index (χ1) is 16.4. The van der Waals surface area contributed by atoms with Crippen LogP contribution in [0.5, 0.6) is 23.0 Å². The molecular weight excluding hydrogens is 504 g/mol. The number of esters is 1. The van der Waals surface area contributed by atoms with Gasteiger partial charge in [0.1, 0.15) is 17.1 Å². The van der Waals surface area contributed by atoms with Gasteiger partial charge in [0.05, 0.1) is 37.8 Å². The minimum absolute atomic E-state index is 0.163. The SMILES string of the molecule is COc1cc(C(=O)Oc2ccc3c(=O)c(-c4ccc(Br)cc4)c(C)oc3c2)cc(OC)c1OC. The van der Waals surface area contributed by atoms with Crippen LogP contribution in [-0.4, -0.2) is 27.3 Å². The third-order valence-electron chi connectivity index (χ3n) is 5.28. The third-order valence-corrected chi connectivity index (χ3v) is 5.81. The standard InChI is InChI=1S/C26H21BrO7/c1-14-23(15-5-7-17(27)8-6-15)24(28)19-10-9-18(13-20(19)33-14)34-26(29)16-11-21(30-2)25(32-4)22(12-16)31-3/h5-13H,1-4H3. The van der Waals surface area contributed by atoms with Crippen molar-refractivity contribution < 1.29 is 28.2 Å². The number of benzene rings is 3. The molecule has 3 aromatic carbocycles. The highest BCUT2D eigenvalue weighted by atomic mass is 79.9. The molecular formula is C26H21BrO7. The van der Waals surface area contributed by atoms with E-state index in [1.54, 1.807) is 19.1 Å².